The van der Waals surface area contributed by atoms with Crippen molar-refractivity contribution in [1.82, 2.24) is 0 Å². The Labute approximate surface area is 132 Å². The van der Waals surface area contributed by atoms with Crippen LogP contribution in [-0.2, 0) is 4.79 Å². The number of benzene rings is 2. The van der Waals surface area contributed by atoms with E-state index in [-0.39, 0.29) is 5.78 Å². The van der Waals surface area contributed by atoms with Gasteiger partial charge in [-0.05, 0) is 30.3 Å². The highest BCUT2D eigenvalue weighted by Gasteiger charge is 2.18. The number of halogens is 1. The second-order valence-electron chi connectivity index (χ2n) is 4.35. The summed E-state index contributed by atoms with van der Waals surface area (Å²) in [5.41, 5.74) is 1.09. The van der Waals surface area contributed by atoms with Gasteiger partial charge in [0.15, 0.2) is 17.3 Å². The van der Waals surface area contributed by atoms with E-state index in [2.05, 4.69) is 5.32 Å². The number of amides is 1. The molecule has 0 saturated carbocycles. The molecular weight excluding hydrogens is 306 g/mol. The van der Waals surface area contributed by atoms with Gasteiger partial charge in [0.05, 0.1) is 25.5 Å². The van der Waals surface area contributed by atoms with E-state index >= 15 is 0 Å². The zero-order chi connectivity index (χ0) is 16.1. The SMILES string of the molecule is COc1cc(NC=O)c(C(=O)c2ccc(Cl)cc2)cc1OC. The molecule has 2 rings (SSSR count). The molecule has 114 valence electrons. The number of hydrogen-bond acceptors (Lipinski definition) is 4. The van der Waals surface area contributed by atoms with Crippen LogP contribution in [0.2, 0.25) is 5.02 Å². The highest BCUT2D eigenvalue weighted by atomic mass is 35.5. The van der Waals surface area contributed by atoms with Crippen LogP contribution in [0.15, 0.2) is 36.4 Å². The molecular formula is C16H14ClNO4. The fourth-order valence-corrected chi connectivity index (χ4v) is 2.13. The molecule has 0 heterocycles. The van der Waals surface area contributed by atoms with Crippen molar-refractivity contribution in [2.24, 2.45) is 0 Å². The van der Waals surface area contributed by atoms with Crippen molar-refractivity contribution < 1.29 is 19.1 Å². The van der Waals surface area contributed by atoms with Gasteiger partial charge in [-0.2, -0.15) is 0 Å². The van der Waals surface area contributed by atoms with Crippen LogP contribution in [0.1, 0.15) is 15.9 Å². The number of carbonyl (C=O) groups is 2. The van der Waals surface area contributed by atoms with Crippen LogP contribution in [0.4, 0.5) is 5.69 Å². The van der Waals surface area contributed by atoms with Gasteiger partial charge in [0, 0.05) is 16.7 Å². The number of anilines is 1. The van der Waals surface area contributed by atoms with Crippen LogP contribution < -0.4 is 14.8 Å². The zero-order valence-electron chi connectivity index (χ0n) is 12.1. The summed E-state index contributed by atoms with van der Waals surface area (Å²) >= 11 is 5.82. The van der Waals surface area contributed by atoms with Gasteiger partial charge in [0.1, 0.15) is 0 Å². The Kier molecular flexibility index (Phi) is 5.01. The van der Waals surface area contributed by atoms with Crippen molar-refractivity contribution in [3.63, 3.8) is 0 Å². The third kappa shape index (κ3) is 3.20. The number of ether oxygens (including phenoxy) is 2. The van der Waals surface area contributed by atoms with Crippen LogP contribution in [0, 0.1) is 0 Å². The maximum atomic E-state index is 12.6. The lowest BCUT2D eigenvalue weighted by Gasteiger charge is -2.13. The molecule has 2 aromatic carbocycles. The van der Waals surface area contributed by atoms with Gasteiger partial charge in [-0.3, -0.25) is 9.59 Å². The molecule has 0 aromatic heterocycles. The van der Waals surface area contributed by atoms with E-state index in [0.717, 1.165) is 0 Å². The van der Waals surface area contributed by atoms with Crippen molar-refractivity contribution in [2.75, 3.05) is 19.5 Å². The Bertz CT molecular complexity index is 698. The molecule has 0 aliphatic carbocycles. The summed E-state index contributed by atoms with van der Waals surface area (Å²) in [6, 6.07) is 9.56. The maximum absolute atomic E-state index is 12.6. The Morgan fingerprint density at radius 3 is 2.23 bits per heavy atom. The number of rotatable bonds is 6. The normalized spacial score (nSPS) is 9.95. The number of hydrogen-bond donors (Lipinski definition) is 1. The Morgan fingerprint density at radius 2 is 1.68 bits per heavy atom. The van der Waals surface area contributed by atoms with Crippen molar-refractivity contribution in [3.05, 3.63) is 52.5 Å². The molecule has 0 spiro atoms. The largest absolute Gasteiger partial charge is 0.493 e. The van der Waals surface area contributed by atoms with Crippen LogP contribution >= 0.6 is 11.6 Å². The van der Waals surface area contributed by atoms with Gasteiger partial charge in [-0.25, -0.2) is 0 Å². The average molecular weight is 320 g/mol. The second-order valence-corrected chi connectivity index (χ2v) is 4.79. The first-order valence-corrected chi connectivity index (χ1v) is 6.75. The predicted octanol–water partition coefficient (Wildman–Crippen LogP) is 3.16. The molecule has 0 fully saturated rings. The molecule has 0 aliphatic rings. The first-order valence-electron chi connectivity index (χ1n) is 6.37. The van der Waals surface area contributed by atoms with Crippen LogP contribution in [-0.4, -0.2) is 26.4 Å². The van der Waals surface area contributed by atoms with E-state index < -0.39 is 0 Å². The summed E-state index contributed by atoms with van der Waals surface area (Å²) in [7, 11) is 2.95. The summed E-state index contributed by atoms with van der Waals surface area (Å²) < 4.78 is 10.4. The van der Waals surface area contributed by atoms with Crippen molar-refractivity contribution in [1.29, 1.82) is 0 Å². The topological polar surface area (TPSA) is 64.6 Å². The van der Waals surface area contributed by atoms with Crippen molar-refractivity contribution in [3.8, 4) is 11.5 Å². The Balaban J connectivity index is 2.53. The number of ketones is 1. The number of carbonyl (C=O) groups excluding carboxylic acids is 2. The van der Waals surface area contributed by atoms with Crippen LogP contribution in [0.25, 0.3) is 0 Å². The van der Waals surface area contributed by atoms with E-state index in [9.17, 15) is 9.59 Å². The van der Waals surface area contributed by atoms with Gasteiger partial charge in [0.25, 0.3) is 0 Å². The third-order valence-corrected chi connectivity index (χ3v) is 3.34. The smallest absolute Gasteiger partial charge is 0.211 e. The molecule has 1 amide bonds. The Hall–Kier alpha value is -2.53. The van der Waals surface area contributed by atoms with Crippen molar-refractivity contribution in [2.45, 2.75) is 0 Å². The highest BCUT2D eigenvalue weighted by Crippen LogP contribution is 2.34. The Morgan fingerprint density at radius 1 is 1.09 bits per heavy atom. The summed E-state index contributed by atoms with van der Waals surface area (Å²) in [6.45, 7) is 0. The van der Waals surface area contributed by atoms with Gasteiger partial charge in [-0.1, -0.05) is 11.6 Å². The second kappa shape index (κ2) is 6.95. The molecule has 0 aliphatic heterocycles. The minimum Gasteiger partial charge on any atom is -0.493 e. The van der Waals surface area contributed by atoms with Gasteiger partial charge >= 0.3 is 0 Å². The molecule has 2 aromatic rings. The van der Waals surface area contributed by atoms with Crippen LogP contribution in [0.5, 0.6) is 11.5 Å². The molecule has 0 saturated heterocycles. The fourth-order valence-electron chi connectivity index (χ4n) is 2.01. The van der Waals surface area contributed by atoms with Crippen LogP contribution in [0.3, 0.4) is 0 Å². The lowest BCUT2D eigenvalue weighted by molar-refractivity contribution is -0.105. The molecule has 0 unspecified atom stereocenters. The highest BCUT2D eigenvalue weighted by molar-refractivity contribution is 6.30. The minimum absolute atomic E-state index is 0.262. The van der Waals surface area contributed by atoms with Crippen molar-refractivity contribution >= 4 is 29.5 Å². The summed E-state index contributed by atoms with van der Waals surface area (Å²) in [5, 5.41) is 3.04. The fraction of sp³-hybridized carbons (Fsp3) is 0.125. The third-order valence-electron chi connectivity index (χ3n) is 3.09. The van der Waals surface area contributed by atoms with E-state index in [1.54, 1.807) is 24.3 Å². The molecule has 0 bridgehead atoms. The molecule has 1 N–H and O–H groups in total. The van der Waals surface area contributed by atoms with E-state index in [1.165, 1.54) is 26.4 Å². The van der Waals surface area contributed by atoms with E-state index in [1.807, 2.05) is 0 Å². The van der Waals surface area contributed by atoms with Gasteiger partial charge in [-0.15, -0.1) is 0 Å². The lowest BCUT2D eigenvalue weighted by Crippen LogP contribution is -2.08. The zero-order valence-corrected chi connectivity index (χ0v) is 12.8. The van der Waals surface area contributed by atoms with E-state index in [0.29, 0.717) is 39.7 Å². The minimum atomic E-state index is -0.262. The standard InChI is InChI=1S/C16H14ClNO4/c1-21-14-7-12(13(18-9-19)8-15(14)22-2)16(20)10-3-5-11(17)6-4-10/h3-9H,1-2H3,(H,18,19). The lowest BCUT2D eigenvalue weighted by atomic mass is 10.0. The first-order chi connectivity index (χ1) is 10.6. The summed E-state index contributed by atoms with van der Waals surface area (Å²) in [6.07, 6.45) is 0.500. The predicted molar refractivity (Wildman–Crippen MR) is 84.1 cm³/mol. The molecule has 6 heteroatoms. The number of nitrogens with one attached hydrogen (secondary N) is 1. The molecule has 5 nitrogen and oxygen atoms in total. The van der Waals surface area contributed by atoms with E-state index in [4.69, 9.17) is 21.1 Å². The number of methoxy groups -OCH3 is 2. The molecule has 0 radical (unpaired) electrons. The molecule has 22 heavy (non-hydrogen) atoms. The first kappa shape index (κ1) is 15.9. The molecule has 0 atom stereocenters. The average Bonchev–Trinajstić information content (AvgIpc) is 2.54. The van der Waals surface area contributed by atoms with Gasteiger partial charge < -0.3 is 14.8 Å². The quantitative estimate of drug-likeness (QED) is 0.656. The monoisotopic (exact) mass is 319 g/mol. The summed E-state index contributed by atoms with van der Waals surface area (Å²) in [5.74, 6) is 0.553. The maximum Gasteiger partial charge on any atom is 0.211 e. The van der Waals surface area contributed by atoms with Gasteiger partial charge in [0.2, 0.25) is 6.41 Å². The summed E-state index contributed by atoms with van der Waals surface area (Å²) in [4.78, 5) is 23.4.